The van der Waals surface area contributed by atoms with Gasteiger partial charge in [-0.05, 0) is 69.6 Å². The van der Waals surface area contributed by atoms with Gasteiger partial charge in [0.15, 0.2) is 25.7 Å². The number of benzene rings is 1. The molecule has 0 amide bonds. The molecule has 2 atom stereocenters. The Balaban J connectivity index is 1.66. The van der Waals surface area contributed by atoms with Crippen molar-refractivity contribution in [2.75, 3.05) is 0 Å². The minimum atomic E-state index is -1.92. The molecule has 11 heteroatoms. The first kappa shape index (κ1) is 32.2. The van der Waals surface area contributed by atoms with E-state index in [9.17, 15) is 9.66 Å². The van der Waals surface area contributed by atoms with Crippen LogP contribution in [-0.4, -0.2) is 47.5 Å². The SMILES string of the molecule is CCC[C@@](O)(N[S@+]([O-])C(C)(C)C)c1ccnc(-c2ccc3cnn(-c4cccc(CO[Si](C)(C)C(C)(C)C)n4)c3c2)n1. The zero-order valence-electron chi connectivity index (χ0n) is 26.2. The summed E-state index contributed by atoms with van der Waals surface area (Å²) in [5, 5.41) is 17.2. The zero-order valence-corrected chi connectivity index (χ0v) is 28.0. The fourth-order valence-corrected chi connectivity index (χ4v) is 5.87. The molecule has 3 aromatic heterocycles. The lowest BCUT2D eigenvalue weighted by Crippen LogP contribution is -2.51. The highest BCUT2D eigenvalue weighted by molar-refractivity contribution is 7.90. The van der Waals surface area contributed by atoms with E-state index in [1.165, 1.54) is 0 Å². The van der Waals surface area contributed by atoms with Crippen molar-refractivity contribution in [2.24, 2.45) is 0 Å². The molecule has 2 N–H and O–H groups in total. The quantitative estimate of drug-likeness (QED) is 0.121. The summed E-state index contributed by atoms with van der Waals surface area (Å²) in [6.45, 7) is 19.1. The van der Waals surface area contributed by atoms with Crippen LogP contribution in [0.4, 0.5) is 0 Å². The lowest BCUT2D eigenvalue weighted by molar-refractivity contribution is 0.00992. The monoisotopic (exact) mass is 608 g/mol. The van der Waals surface area contributed by atoms with Gasteiger partial charge < -0.3 is 14.1 Å². The molecule has 0 unspecified atom stereocenters. The molecule has 226 valence electrons. The topological polar surface area (TPSA) is 121 Å². The molecule has 0 saturated heterocycles. The largest absolute Gasteiger partial charge is 0.598 e. The van der Waals surface area contributed by atoms with Crippen molar-refractivity contribution >= 4 is 30.6 Å². The fraction of sp³-hybridized carbons (Fsp3) is 0.484. The van der Waals surface area contributed by atoms with Crippen LogP contribution < -0.4 is 4.72 Å². The maximum absolute atomic E-state index is 12.9. The summed E-state index contributed by atoms with van der Waals surface area (Å²) in [5.41, 5.74) is 1.28. The molecule has 4 rings (SSSR count). The van der Waals surface area contributed by atoms with Gasteiger partial charge in [0.25, 0.3) is 0 Å². The third-order valence-corrected chi connectivity index (χ3v) is 13.8. The smallest absolute Gasteiger partial charge is 0.200 e. The van der Waals surface area contributed by atoms with Gasteiger partial charge in [-0.1, -0.05) is 52.3 Å². The van der Waals surface area contributed by atoms with Crippen molar-refractivity contribution < 1.29 is 14.1 Å². The van der Waals surface area contributed by atoms with Crippen LogP contribution in [0.25, 0.3) is 28.1 Å². The van der Waals surface area contributed by atoms with Crippen molar-refractivity contribution in [2.45, 2.75) is 96.5 Å². The molecular weight excluding hydrogens is 565 g/mol. The van der Waals surface area contributed by atoms with Crippen molar-refractivity contribution in [3.63, 3.8) is 0 Å². The number of nitrogens with zero attached hydrogens (tertiary/aromatic N) is 5. The van der Waals surface area contributed by atoms with E-state index in [2.05, 4.69) is 48.7 Å². The zero-order chi connectivity index (χ0) is 30.9. The number of aromatic nitrogens is 5. The van der Waals surface area contributed by atoms with Crippen LogP contribution >= 0.6 is 0 Å². The number of nitrogens with one attached hydrogen (secondary N) is 1. The second kappa shape index (κ2) is 12.1. The van der Waals surface area contributed by atoms with Gasteiger partial charge >= 0.3 is 0 Å². The summed E-state index contributed by atoms with van der Waals surface area (Å²) >= 11 is -1.50. The molecule has 0 bridgehead atoms. The molecule has 0 aliphatic rings. The summed E-state index contributed by atoms with van der Waals surface area (Å²) in [6.07, 6.45) is 4.44. The van der Waals surface area contributed by atoms with E-state index < -0.39 is 30.2 Å². The van der Waals surface area contributed by atoms with Crippen molar-refractivity contribution in [3.05, 3.63) is 66.2 Å². The molecule has 9 nitrogen and oxygen atoms in total. The fourth-order valence-electron chi connectivity index (χ4n) is 4.10. The van der Waals surface area contributed by atoms with E-state index in [1.54, 1.807) is 16.9 Å². The highest BCUT2D eigenvalue weighted by Gasteiger charge is 2.40. The van der Waals surface area contributed by atoms with Crippen LogP contribution in [-0.2, 0) is 28.1 Å². The summed E-state index contributed by atoms with van der Waals surface area (Å²) in [5.74, 6) is 1.14. The van der Waals surface area contributed by atoms with Crippen molar-refractivity contribution in [1.29, 1.82) is 0 Å². The number of fused-ring (bicyclic) bond motifs is 1. The molecule has 4 aromatic rings. The highest BCUT2D eigenvalue weighted by atomic mass is 32.2. The summed E-state index contributed by atoms with van der Waals surface area (Å²) < 4.78 is 23.5. The summed E-state index contributed by atoms with van der Waals surface area (Å²) in [6, 6.07) is 13.4. The Morgan fingerprint density at radius 3 is 2.45 bits per heavy atom. The molecule has 0 radical (unpaired) electrons. The third-order valence-electron chi connectivity index (χ3n) is 7.73. The summed E-state index contributed by atoms with van der Waals surface area (Å²) in [4.78, 5) is 14.1. The Labute approximate surface area is 253 Å². The summed E-state index contributed by atoms with van der Waals surface area (Å²) in [7, 11) is -1.92. The Morgan fingerprint density at radius 2 is 1.79 bits per heavy atom. The highest BCUT2D eigenvalue weighted by Crippen LogP contribution is 2.37. The Kier molecular flexibility index (Phi) is 9.32. The molecule has 0 aliphatic heterocycles. The average molecular weight is 609 g/mol. The molecule has 3 heterocycles. The molecule has 0 spiro atoms. The molecule has 0 saturated carbocycles. The normalized spacial score (nSPS) is 15.1. The van der Waals surface area contributed by atoms with Crippen molar-refractivity contribution in [1.82, 2.24) is 29.5 Å². The number of rotatable bonds is 10. The maximum Gasteiger partial charge on any atom is 0.200 e. The van der Waals surface area contributed by atoms with Crippen LogP contribution in [0.3, 0.4) is 0 Å². The first-order valence-electron chi connectivity index (χ1n) is 14.4. The number of hydrogen-bond acceptors (Lipinski definition) is 8. The lowest BCUT2D eigenvalue weighted by Gasteiger charge is -2.36. The minimum absolute atomic E-state index is 0.116. The van der Waals surface area contributed by atoms with Gasteiger partial charge in [-0.2, -0.15) is 5.10 Å². The van der Waals surface area contributed by atoms with Gasteiger partial charge in [-0.15, -0.1) is 4.72 Å². The van der Waals surface area contributed by atoms with Crippen LogP contribution in [0.15, 0.2) is 54.9 Å². The van der Waals surface area contributed by atoms with Gasteiger partial charge in [0, 0.05) is 28.5 Å². The lowest BCUT2D eigenvalue weighted by atomic mass is 10.0. The Bertz CT molecular complexity index is 1530. The first-order chi connectivity index (χ1) is 19.5. The van der Waals surface area contributed by atoms with Gasteiger partial charge in [-0.25, -0.2) is 19.6 Å². The predicted molar refractivity (Wildman–Crippen MR) is 172 cm³/mol. The molecule has 0 fully saturated rings. The van der Waals surface area contributed by atoms with Crippen molar-refractivity contribution in [3.8, 4) is 17.2 Å². The van der Waals surface area contributed by atoms with Gasteiger partial charge in [0.1, 0.15) is 4.75 Å². The van der Waals surface area contributed by atoms with Crippen LogP contribution in [0.2, 0.25) is 18.1 Å². The Morgan fingerprint density at radius 1 is 1.05 bits per heavy atom. The number of hydrogen-bond donors (Lipinski definition) is 2. The molecule has 0 aliphatic carbocycles. The van der Waals surface area contributed by atoms with E-state index in [0.717, 1.165) is 22.2 Å². The van der Waals surface area contributed by atoms with E-state index >= 15 is 0 Å². The predicted octanol–water partition coefficient (Wildman–Crippen LogP) is 6.40. The molecule has 1 aromatic carbocycles. The van der Waals surface area contributed by atoms with E-state index in [4.69, 9.17) is 14.4 Å². The second-order valence-corrected chi connectivity index (χ2v) is 20.0. The molecular formula is C31H44N6O3SSi. The minimum Gasteiger partial charge on any atom is -0.598 e. The number of pyridine rings is 1. The second-order valence-electron chi connectivity index (χ2n) is 13.2. The standard InChI is InChI=1S/C31H44N6O3SSi/c1-10-17-31(38,36-41(39)29(2,3)4)26-16-18-32-28(35-26)22-14-15-23-20-33-37(25(23)19-22)27-13-11-12-24(34-27)21-40-42(8,9)30(5,6)7/h11-16,18-20,36,38H,10,17,21H2,1-9H3/t31-,41+/m0/s1. The van der Waals surface area contributed by atoms with E-state index in [1.807, 2.05) is 70.3 Å². The average Bonchev–Trinajstić information content (AvgIpc) is 3.34. The van der Waals surface area contributed by atoms with E-state index in [0.29, 0.717) is 36.8 Å². The first-order valence-corrected chi connectivity index (χ1v) is 18.4. The van der Waals surface area contributed by atoms with Gasteiger partial charge in [0.05, 0.1) is 29.7 Å². The third kappa shape index (κ3) is 7.09. The van der Waals surface area contributed by atoms with Crippen LogP contribution in [0.5, 0.6) is 0 Å². The Hall–Kier alpha value is -2.67. The molecule has 42 heavy (non-hydrogen) atoms. The van der Waals surface area contributed by atoms with Gasteiger partial charge in [-0.3, -0.25) is 0 Å². The van der Waals surface area contributed by atoms with Crippen LogP contribution in [0, 0.1) is 0 Å². The maximum atomic E-state index is 12.9. The van der Waals surface area contributed by atoms with Gasteiger partial charge in [0.2, 0.25) is 0 Å². The van der Waals surface area contributed by atoms with Crippen LogP contribution in [0.1, 0.15) is 72.7 Å². The van der Waals surface area contributed by atoms with E-state index in [-0.39, 0.29) is 5.04 Å². The number of aliphatic hydroxyl groups is 1.